The van der Waals surface area contributed by atoms with Crippen molar-refractivity contribution < 1.29 is 9.50 Å². The molecule has 0 aliphatic heterocycles. The maximum absolute atomic E-state index is 13.2. The van der Waals surface area contributed by atoms with E-state index in [0.717, 1.165) is 36.2 Å². The van der Waals surface area contributed by atoms with Gasteiger partial charge in [0.2, 0.25) is 0 Å². The van der Waals surface area contributed by atoms with Crippen LogP contribution in [-0.4, -0.2) is 9.67 Å². The third kappa shape index (κ3) is 1.89. The van der Waals surface area contributed by atoms with Crippen molar-refractivity contribution in [3.63, 3.8) is 0 Å². The number of halogens is 2. The minimum atomic E-state index is -0.362. The lowest BCUT2D eigenvalue weighted by atomic mass is 9.95. The standard InChI is InChI=1S/C14H13BrFNO/c15-11-8-9(4-5-12(11)16)17-7-6-10-13(17)2-1-3-14(10)18/h4-8,14,18H,1-3H2. The molecule has 0 saturated carbocycles. The highest BCUT2D eigenvalue weighted by Crippen LogP contribution is 2.32. The van der Waals surface area contributed by atoms with Crippen LogP contribution in [0.1, 0.15) is 30.2 Å². The average molecular weight is 310 g/mol. The Labute approximate surface area is 113 Å². The fraction of sp³-hybridized carbons (Fsp3) is 0.286. The summed E-state index contributed by atoms with van der Waals surface area (Å²) in [5.41, 5.74) is 3.05. The maximum Gasteiger partial charge on any atom is 0.137 e. The van der Waals surface area contributed by atoms with Crippen LogP contribution in [-0.2, 0) is 6.42 Å². The van der Waals surface area contributed by atoms with Crippen LogP contribution in [0.4, 0.5) is 4.39 Å². The highest BCUT2D eigenvalue weighted by atomic mass is 79.9. The summed E-state index contributed by atoms with van der Waals surface area (Å²) in [6, 6.07) is 6.92. The molecule has 0 fully saturated rings. The SMILES string of the molecule is OC1CCCc2c1ccn2-c1ccc(F)c(Br)c1. The van der Waals surface area contributed by atoms with Gasteiger partial charge in [-0.1, -0.05) is 0 Å². The van der Waals surface area contributed by atoms with Gasteiger partial charge in [0.05, 0.1) is 10.6 Å². The predicted octanol–water partition coefficient (Wildman–Crippen LogP) is 3.75. The molecule has 1 heterocycles. The number of hydrogen-bond acceptors (Lipinski definition) is 1. The van der Waals surface area contributed by atoms with Crippen molar-refractivity contribution in [2.75, 3.05) is 0 Å². The lowest BCUT2D eigenvalue weighted by molar-refractivity contribution is 0.156. The predicted molar refractivity (Wildman–Crippen MR) is 71.3 cm³/mol. The second-order valence-corrected chi connectivity index (χ2v) is 5.45. The Bertz CT molecular complexity index is 593. The Morgan fingerprint density at radius 1 is 1.33 bits per heavy atom. The summed E-state index contributed by atoms with van der Waals surface area (Å²) < 4.78 is 15.7. The lowest BCUT2D eigenvalue weighted by Gasteiger charge is -2.20. The number of aromatic nitrogens is 1. The second-order valence-electron chi connectivity index (χ2n) is 4.59. The molecule has 1 N–H and O–H groups in total. The van der Waals surface area contributed by atoms with Crippen LogP contribution >= 0.6 is 15.9 Å². The lowest BCUT2D eigenvalue weighted by Crippen LogP contribution is -2.11. The van der Waals surface area contributed by atoms with Gasteiger partial charge in [0.25, 0.3) is 0 Å². The summed E-state index contributed by atoms with van der Waals surface area (Å²) in [7, 11) is 0. The fourth-order valence-corrected chi connectivity index (χ4v) is 2.91. The largest absolute Gasteiger partial charge is 0.388 e. The van der Waals surface area contributed by atoms with Crippen LogP contribution in [0.2, 0.25) is 0 Å². The van der Waals surface area contributed by atoms with E-state index in [4.69, 9.17) is 0 Å². The minimum Gasteiger partial charge on any atom is -0.388 e. The number of hydrogen-bond donors (Lipinski definition) is 1. The highest BCUT2D eigenvalue weighted by molar-refractivity contribution is 9.10. The molecule has 2 aromatic rings. The van der Waals surface area contributed by atoms with E-state index in [1.165, 1.54) is 6.07 Å². The fourth-order valence-electron chi connectivity index (χ4n) is 2.54. The molecule has 1 aliphatic rings. The first-order valence-electron chi connectivity index (χ1n) is 6.00. The monoisotopic (exact) mass is 309 g/mol. The van der Waals surface area contributed by atoms with Gasteiger partial charge in [0.1, 0.15) is 5.82 Å². The molecule has 1 atom stereocenters. The van der Waals surface area contributed by atoms with Gasteiger partial charge < -0.3 is 9.67 Å². The van der Waals surface area contributed by atoms with Gasteiger partial charge in [-0.2, -0.15) is 0 Å². The number of aliphatic hydroxyl groups excluding tert-OH is 1. The quantitative estimate of drug-likeness (QED) is 0.852. The van der Waals surface area contributed by atoms with E-state index in [2.05, 4.69) is 15.9 Å². The zero-order valence-corrected chi connectivity index (χ0v) is 11.3. The van der Waals surface area contributed by atoms with Crippen molar-refractivity contribution >= 4 is 15.9 Å². The van der Waals surface area contributed by atoms with Crippen molar-refractivity contribution in [1.29, 1.82) is 0 Å². The molecule has 2 nitrogen and oxygen atoms in total. The highest BCUT2D eigenvalue weighted by Gasteiger charge is 2.21. The third-order valence-electron chi connectivity index (χ3n) is 3.46. The average Bonchev–Trinajstić information content (AvgIpc) is 2.78. The number of benzene rings is 1. The number of aliphatic hydroxyl groups is 1. The Morgan fingerprint density at radius 2 is 2.17 bits per heavy atom. The van der Waals surface area contributed by atoms with Crippen LogP contribution in [0.3, 0.4) is 0 Å². The van der Waals surface area contributed by atoms with Crippen molar-refractivity contribution in [1.82, 2.24) is 4.57 Å². The summed E-state index contributed by atoms with van der Waals surface area (Å²) in [5, 5.41) is 9.94. The van der Waals surface area contributed by atoms with Crippen molar-refractivity contribution in [2.45, 2.75) is 25.4 Å². The summed E-state index contributed by atoms with van der Waals surface area (Å²) in [4.78, 5) is 0. The maximum atomic E-state index is 13.2. The van der Waals surface area contributed by atoms with Crippen LogP contribution in [0.5, 0.6) is 0 Å². The van der Waals surface area contributed by atoms with Crippen LogP contribution < -0.4 is 0 Å². The van der Waals surface area contributed by atoms with Gasteiger partial charge in [-0.25, -0.2) is 4.39 Å². The molecule has 0 spiro atoms. The molecule has 94 valence electrons. The molecule has 0 radical (unpaired) electrons. The first-order valence-corrected chi connectivity index (χ1v) is 6.80. The first kappa shape index (κ1) is 11.9. The van der Waals surface area contributed by atoms with E-state index in [9.17, 15) is 9.50 Å². The normalized spacial score (nSPS) is 18.7. The Balaban J connectivity index is 2.09. The second kappa shape index (κ2) is 4.52. The summed E-state index contributed by atoms with van der Waals surface area (Å²) in [5.74, 6) is -0.264. The smallest absolute Gasteiger partial charge is 0.137 e. The van der Waals surface area contributed by atoms with Crippen molar-refractivity contribution in [3.8, 4) is 5.69 Å². The van der Waals surface area contributed by atoms with E-state index >= 15 is 0 Å². The topological polar surface area (TPSA) is 25.2 Å². The summed E-state index contributed by atoms with van der Waals surface area (Å²) in [6.45, 7) is 0. The molecule has 3 rings (SSSR count). The molecular formula is C14H13BrFNO. The molecule has 1 aliphatic carbocycles. The van der Waals surface area contributed by atoms with Crippen LogP contribution in [0.15, 0.2) is 34.9 Å². The van der Waals surface area contributed by atoms with Gasteiger partial charge in [0, 0.05) is 23.1 Å². The van der Waals surface area contributed by atoms with Gasteiger partial charge in [-0.05, 0) is 59.5 Å². The first-order chi connectivity index (χ1) is 8.66. The number of fused-ring (bicyclic) bond motifs is 1. The van der Waals surface area contributed by atoms with E-state index < -0.39 is 0 Å². The zero-order valence-electron chi connectivity index (χ0n) is 9.74. The van der Waals surface area contributed by atoms with E-state index in [0.29, 0.717) is 4.47 Å². The molecule has 4 heteroatoms. The van der Waals surface area contributed by atoms with Gasteiger partial charge in [0.15, 0.2) is 0 Å². The molecule has 0 bridgehead atoms. The summed E-state index contributed by atoms with van der Waals surface area (Å²) in [6.07, 6.45) is 4.34. The molecule has 18 heavy (non-hydrogen) atoms. The molecular weight excluding hydrogens is 297 g/mol. The third-order valence-corrected chi connectivity index (χ3v) is 4.07. The van der Waals surface area contributed by atoms with Gasteiger partial charge >= 0.3 is 0 Å². The van der Waals surface area contributed by atoms with Gasteiger partial charge in [-0.15, -0.1) is 0 Å². The van der Waals surface area contributed by atoms with E-state index in [1.807, 2.05) is 16.8 Å². The molecule has 1 aromatic carbocycles. The Kier molecular flexibility index (Phi) is 2.99. The molecule has 0 saturated heterocycles. The zero-order chi connectivity index (χ0) is 12.7. The number of nitrogens with zero attached hydrogens (tertiary/aromatic N) is 1. The van der Waals surface area contributed by atoms with Gasteiger partial charge in [-0.3, -0.25) is 0 Å². The van der Waals surface area contributed by atoms with Crippen LogP contribution in [0, 0.1) is 5.82 Å². The molecule has 0 amide bonds. The van der Waals surface area contributed by atoms with E-state index in [-0.39, 0.29) is 11.9 Å². The molecule has 1 unspecified atom stereocenters. The molecule has 1 aromatic heterocycles. The summed E-state index contributed by atoms with van der Waals surface area (Å²) >= 11 is 3.20. The number of rotatable bonds is 1. The van der Waals surface area contributed by atoms with Crippen molar-refractivity contribution in [3.05, 3.63) is 52.0 Å². The van der Waals surface area contributed by atoms with E-state index in [1.54, 1.807) is 12.1 Å². The minimum absolute atomic E-state index is 0.264. The Morgan fingerprint density at radius 3 is 2.94 bits per heavy atom. The van der Waals surface area contributed by atoms with Crippen molar-refractivity contribution in [2.24, 2.45) is 0 Å². The van der Waals surface area contributed by atoms with Crippen LogP contribution in [0.25, 0.3) is 5.69 Å². The Hall–Kier alpha value is -1.13.